The Morgan fingerprint density at radius 3 is 2.93 bits per heavy atom. The Morgan fingerprint density at radius 2 is 2.13 bits per heavy atom. The highest BCUT2D eigenvalue weighted by Gasteiger charge is 2.35. The number of aryl methyl sites for hydroxylation is 1. The van der Waals surface area contributed by atoms with E-state index in [9.17, 15) is 4.79 Å². The van der Waals surface area contributed by atoms with Gasteiger partial charge in [0.15, 0.2) is 5.78 Å². The first-order chi connectivity index (χ1) is 7.07. The summed E-state index contributed by atoms with van der Waals surface area (Å²) >= 11 is 0. The summed E-state index contributed by atoms with van der Waals surface area (Å²) in [5.74, 6) is 0.356. The van der Waals surface area contributed by atoms with Gasteiger partial charge in [0.2, 0.25) is 0 Å². The number of fused-ring (bicyclic) bond motifs is 3. The maximum atomic E-state index is 12.1. The number of Topliss-reactive ketones (excluding diaryl/α,β-unsaturated/α-hetero) is 1. The van der Waals surface area contributed by atoms with Gasteiger partial charge in [-0.15, -0.1) is 0 Å². The second kappa shape index (κ2) is 2.75. The molecule has 1 aromatic heterocycles. The molecular formula is C13H17NO. The van der Waals surface area contributed by atoms with Crippen LogP contribution < -0.4 is 0 Å². The highest BCUT2D eigenvalue weighted by Crippen LogP contribution is 2.37. The molecule has 3 rings (SSSR count). The SMILES string of the molecule is CC1(C)CC(=O)c2c(cc3n2CCC3)C1. The van der Waals surface area contributed by atoms with Gasteiger partial charge in [-0.2, -0.15) is 0 Å². The molecule has 0 radical (unpaired) electrons. The molecule has 2 heterocycles. The molecule has 1 aliphatic carbocycles. The van der Waals surface area contributed by atoms with Crippen molar-refractivity contribution < 1.29 is 4.79 Å². The number of hydrogen-bond donors (Lipinski definition) is 0. The van der Waals surface area contributed by atoms with Gasteiger partial charge in [-0.1, -0.05) is 13.8 Å². The third-order valence-electron chi connectivity index (χ3n) is 3.65. The molecule has 2 nitrogen and oxygen atoms in total. The second-order valence-electron chi connectivity index (χ2n) is 5.71. The molecule has 0 atom stereocenters. The van der Waals surface area contributed by atoms with Gasteiger partial charge in [0, 0.05) is 18.7 Å². The number of rotatable bonds is 0. The van der Waals surface area contributed by atoms with Crippen LogP contribution in [0.2, 0.25) is 0 Å². The first kappa shape index (κ1) is 9.20. The fourth-order valence-electron chi connectivity index (χ4n) is 3.11. The van der Waals surface area contributed by atoms with Crippen LogP contribution in [0.25, 0.3) is 0 Å². The maximum Gasteiger partial charge on any atom is 0.180 e. The fourth-order valence-corrected chi connectivity index (χ4v) is 3.11. The smallest absolute Gasteiger partial charge is 0.180 e. The Morgan fingerprint density at radius 1 is 1.33 bits per heavy atom. The molecule has 80 valence electrons. The van der Waals surface area contributed by atoms with Gasteiger partial charge in [-0.3, -0.25) is 4.79 Å². The third-order valence-corrected chi connectivity index (χ3v) is 3.65. The Labute approximate surface area is 90.3 Å². The van der Waals surface area contributed by atoms with Crippen LogP contribution in [0.5, 0.6) is 0 Å². The molecule has 0 bridgehead atoms. The molecule has 0 N–H and O–H groups in total. The molecule has 0 spiro atoms. The van der Waals surface area contributed by atoms with Crippen molar-refractivity contribution >= 4 is 5.78 Å². The van der Waals surface area contributed by atoms with Crippen LogP contribution in [0.4, 0.5) is 0 Å². The Hall–Kier alpha value is -1.05. The van der Waals surface area contributed by atoms with E-state index in [4.69, 9.17) is 0 Å². The van der Waals surface area contributed by atoms with Crippen molar-refractivity contribution in [2.75, 3.05) is 0 Å². The van der Waals surface area contributed by atoms with Gasteiger partial charge in [0.25, 0.3) is 0 Å². The lowest BCUT2D eigenvalue weighted by molar-refractivity contribution is 0.0902. The molecule has 0 saturated carbocycles. The largest absolute Gasteiger partial charge is 0.342 e. The summed E-state index contributed by atoms with van der Waals surface area (Å²) in [7, 11) is 0. The van der Waals surface area contributed by atoms with Crippen LogP contribution in [-0.2, 0) is 19.4 Å². The van der Waals surface area contributed by atoms with Gasteiger partial charge in [0.1, 0.15) is 0 Å². The van der Waals surface area contributed by atoms with E-state index in [0.29, 0.717) is 12.2 Å². The Kier molecular flexibility index (Phi) is 1.68. The average Bonchev–Trinajstić information content (AvgIpc) is 2.58. The first-order valence-corrected chi connectivity index (χ1v) is 5.81. The van der Waals surface area contributed by atoms with Crippen molar-refractivity contribution in [3.05, 3.63) is 23.0 Å². The zero-order valence-corrected chi connectivity index (χ0v) is 9.47. The summed E-state index contributed by atoms with van der Waals surface area (Å²) in [5, 5.41) is 0. The van der Waals surface area contributed by atoms with E-state index in [1.54, 1.807) is 0 Å². The number of carbonyl (C=O) groups is 1. The van der Waals surface area contributed by atoms with E-state index in [2.05, 4.69) is 24.5 Å². The molecule has 1 aromatic rings. The first-order valence-electron chi connectivity index (χ1n) is 5.81. The van der Waals surface area contributed by atoms with Crippen LogP contribution >= 0.6 is 0 Å². The molecule has 2 heteroatoms. The van der Waals surface area contributed by atoms with Crippen molar-refractivity contribution in [2.24, 2.45) is 5.41 Å². The van der Waals surface area contributed by atoms with Gasteiger partial charge in [0.05, 0.1) is 5.69 Å². The molecule has 0 saturated heterocycles. The van der Waals surface area contributed by atoms with E-state index in [1.807, 2.05) is 0 Å². The van der Waals surface area contributed by atoms with E-state index in [0.717, 1.165) is 25.1 Å². The third kappa shape index (κ3) is 1.27. The highest BCUT2D eigenvalue weighted by molar-refractivity contribution is 5.98. The second-order valence-corrected chi connectivity index (χ2v) is 5.71. The minimum absolute atomic E-state index is 0.159. The summed E-state index contributed by atoms with van der Waals surface area (Å²) in [6.45, 7) is 5.43. The molecule has 0 amide bonds. The van der Waals surface area contributed by atoms with E-state index in [-0.39, 0.29) is 5.41 Å². The Balaban J connectivity index is 2.14. The lowest BCUT2D eigenvalue weighted by atomic mass is 9.76. The predicted molar refractivity (Wildman–Crippen MR) is 59.2 cm³/mol. The fraction of sp³-hybridized carbons (Fsp3) is 0.615. The molecule has 0 unspecified atom stereocenters. The summed E-state index contributed by atoms with van der Waals surface area (Å²) in [5.41, 5.74) is 3.87. The lowest BCUT2D eigenvalue weighted by Gasteiger charge is -2.29. The number of hydrogen-bond acceptors (Lipinski definition) is 1. The zero-order chi connectivity index (χ0) is 10.6. The summed E-state index contributed by atoms with van der Waals surface area (Å²) < 4.78 is 2.26. The van der Waals surface area contributed by atoms with Crippen molar-refractivity contribution in [3.8, 4) is 0 Å². The van der Waals surface area contributed by atoms with Gasteiger partial charge in [-0.05, 0) is 36.3 Å². The normalized spacial score (nSPS) is 22.7. The number of ketones is 1. The van der Waals surface area contributed by atoms with Crippen LogP contribution in [0.15, 0.2) is 6.07 Å². The standard InChI is InChI=1S/C13H17NO/c1-13(2)7-9-6-10-4-3-5-14(10)12(9)11(15)8-13/h6H,3-5,7-8H2,1-2H3. The topological polar surface area (TPSA) is 22.0 Å². The molecule has 0 fully saturated rings. The number of nitrogens with zero attached hydrogens (tertiary/aromatic N) is 1. The van der Waals surface area contributed by atoms with Crippen LogP contribution in [0.3, 0.4) is 0 Å². The van der Waals surface area contributed by atoms with Crippen LogP contribution in [-0.4, -0.2) is 10.4 Å². The Bertz CT molecular complexity index is 440. The van der Waals surface area contributed by atoms with E-state index in [1.165, 1.54) is 17.7 Å². The van der Waals surface area contributed by atoms with Gasteiger partial charge < -0.3 is 4.57 Å². The maximum absolute atomic E-state index is 12.1. The highest BCUT2D eigenvalue weighted by atomic mass is 16.1. The van der Waals surface area contributed by atoms with E-state index < -0.39 is 0 Å². The average molecular weight is 203 g/mol. The van der Waals surface area contributed by atoms with Gasteiger partial charge >= 0.3 is 0 Å². The van der Waals surface area contributed by atoms with Crippen LogP contribution in [0, 0.1) is 5.41 Å². The quantitative estimate of drug-likeness (QED) is 0.635. The zero-order valence-electron chi connectivity index (χ0n) is 9.47. The van der Waals surface area contributed by atoms with Gasteiger partial charge in [-0.25, -0.2) is 0 Å². The summed E-state index contributed by atoms with van der Waals surface area (Å²) in [4.78, 5) is 12.1. The lowest BCUT2D eigenvalue weighted by Crippen LogP contribution is -2.27. The number of aromatic nitrogens is 1. The minimum atomic E-state index is 0.159. The monoisotopic (exact) mass is 203 g/mol. The van der Waals surface area contributed by atoms with Crippen molar-refractivity contribution in [1.29, 1.82) is 0 Å². The minimum Gasteiger partial charge on any atom is -0.342 e. The van der Waals surface area contributed by atoms with Crippen molar-refractivity contribution in [3.63, 3.8) is 0 Å². The molecule has 2 aliphatic rings. The van der Waals surface area contributed by atoms with E-state index >= 15 is 0 Å². The van der Waals surface area contributed by atoms with Crippen molar-refractivity contribution in [2.45, 2.75) is 46.1 Å². The van der Waals surface area contributed by atoms with Crippen LogP contribution in [0.1, 0.15) is 48.4 Å². The summed E-state index contributed by atoms with van der Waals surface area (Å²) in [6.07, 6.45) is 4.14. The molecule has 1 aliphatic heterocycles. The number of carbonyl (C=O) groups excluding carboxylic acids is 1. The molecule has 15 heavy (non-hydrogen) atoms. The summed E-state index contributed by atoms with van der Waals surface area (Å²) in [6, 6.07) is 2.27. The molecular weight excluding hydrogens is 186 g/mol. The predicted octanol–water partition coefficient (Wildman–Crippen LogP) is 2.59. The van der Waals surface area contributed by atoms with Crippen molar-refractivity contribution in [1.82, 2.24) is 4.57 Å². The molecule has 0 aromatic carbocycles.